The van der Waals surface area contributed by atoms with E-state index in [2.05, 4.69) is 10.3 Å². The largest absolute Gasteiger partial charge is 0.432 e. The third-order valence-electron chi connectivity index (χ3n) is 3.55. The molecule has 0 unspecified atom stereocenters. The number of benzene rings is 1. The van der Waals surface area contributed by atoms with Crippen molar-refractivity contribution in [2.45, 2.75) is 0 Å². The van der Waals surface area contributed by atoms with Crippen LogP contribution in [-0.2, 0) is 0 Å². The molecule has 1 N–H and O–H groups in total. The summed E-state index contributed by atoms with van der Waals surface area (Å²) in [5, 5.41) is 2.95. The van der Waals surface area contributed by atoms with Crippen LogP contribution in [0.1, 0.15) is 21.0 Å². The molecule has 1 aromatic carbocycles. The Bertz CT molecular complexity index is 822. The van der Waals surface area contributed by atoms with Crippen molar-refractivity contribution in [3.63, 3.8) is 0 Å². The number of ketones is 2. The summed E-state index contributed by atoms with van der Waals surface area (Å²) in [5.74, 6) is -1.17. The molecule has 0 fully saturated rings. The van der Waals surface area contributed by atoms with Crippen LogP contribution in [0.5, 0.6) is 0 Å². The Morgan fingerprint density at radius 3 is 2.58 bits per heavy atom. The van der Waals surface area contributed by atoms with E-state index in [0.717, 1.165) is 0 Å². The molecule has 0 amide bonds. The molecule has 3 rings (SSSR count). The van der Waals surface area contributed by atoms with Gasteiger partial charge < -0.3 is 14.6 Å². The van der Waals surface area contributed by atoms with Crippen molar-refractivity contribution in [2.24, 2.45) is 0 Å². The second-order valence-electron chi connectivity index (χ2n) is 5.69. The van der Waals surface area contributed by atoms with E-state index in [1.54, 1.807) is 0 Å². The molecule has 0 bridgehead atoms. The van der Waals surface area contributed by atoms with Crippen LogP contribution in [0.15, 0.2) is 40.5 Å². The van der Waals surface area contributed by atoms with Gasteiger partial charge in [0.15, 0.2) is 5.69 Å². The molecule has 1 aliphatic rings. The number of halogens is 1. The number of nitrogens with one attached hydrogen (secondary N) is 1. The van der Waals surface area contributed by atoms with Crippen molar-refractivity contribution < 1.29 is 18.4 Å². The van der Waals surface area contributed by atoms with Crippen LogP contribution in [0.2, 0.25) is 0 Å². The van der Waals surface area contributed by atoms with Gasteiger partial charge in [0.1, 0.15) is 5.82 Å². The van der Waals surface area contributed by atoms with Crippen molar-refractivity contribution in [3.8, 4) is 11.5 Å². The summed E-state index contributed by atoms with van der Waals surface area (Å²) in [6.07, 6.45) is 1.22. The summed E-state index contributed by atoms with van der Waals surface area (Å²) >= 11 is 0. The normalized spacial score (nSPS) is 13.9. The number of hydrogen-bond donors (Lipinski definition) is 1. The molecule has 2 aromatic rings. The van der Waals surface area contributed by atoms with E-state index in [0.29, 0.717) is 18.7 Å². The summed E-state index contributed by atoms with van der Waals surface area (Å²) < 4.78 is 18.4. The molecule has 1 aromatic heterocycles. The first-order valence-electron chi connectivity index (χ1n) is 7.42. The second kappa shape index (κ2) is 6.37. The molecule has 0 radical (unpaired) electrons. The summed E-state index contributed by atoms with van der Waals surface area (Å²) in [4.78, 5) is 30.7. The fourth-order valence-corrected chi connectivity index (χ4v) is 2.29. The second-order valence-corrected chi connectivity index (χ2v) is 5.69. The van der Waals surface area contributed by atoms with Gasteiger partial charge in [-0.2, -0.15) is 0 Å². The highest BCUT2D eigenvalue weighted by molar-refractivity contribution is 6.22. The number of nitrogens with zero attached hydrogens (tertiary/aromatic N) is 2. The van der Waals surface area contributed by atoms with Gasteiger partial charge in [0, 0.05) is 24.7 Å². The predicted octanol–water partition coefficient (Wildman–Crippen LogP) is 1.89. The van der Waals surface area contributed by atoms with Gasteiger partial charge in [-0.1, -0.05) is 0 Å². The van der Waals surface area contributed by atoms with Gasteiger partial charge in [-0.3, -0.25) is 9.59 Å². The lowest BCUT2D eigenvalue weighted by Gasteiger charge is -2.14. The Balaban J connectivity index is 1.85. The summed E-state index contributed by atoms with van der Waals surface area (Å²) in [6, 6.07) is 5.47. The maximum absolute atomic E-state index is 13.0. The van der Waals surface area contributed by atoms with Gasteiger partial charge >= 0.3 is 0 Å². The quantitative estimate of drug-likeness (QED) is 0.903. The van der Waals surface area contributed by atoms with Crippen LogP contribution in [0.4, 0.5) is 4.39 Å². The molecule has 6 nitrogen and oxygen atoms in total. The predicted molar refractivity (Wildman–Crippen MR) is 85.2 cm³/mol. The Hall–Kier alpha value is -2.80. The highest BCUT2D eigenvalue weighted by Gasteiger charge is 2.32. The minimum Gasteiger partial charge on any atom is -0.432 e. The Kier molecular flexibility index (Phi) is 4.26. The lowest BCUT2D eigenvalue weighted by Crippen LogP contribution is -2.31. The van der Waals surface area contributed by atoms with Crippen LogP contribution in [-0.4, -0.2) is 48.6 Å². The number of likely N-dealkylation sites (N-methyl/N-ethyl adjacent to an activating group) is 1. The van der Waals surface area contributed by atoms with Crippen LogP contribution >= 0.6 is 0 Å². The van der Waals surface area contributed by atoms with Gasteiger partial charge in [0.05, 0.1) is 5.70 Å². The molecular formula is C17H16FN3O3. The molecule has 1 aliphatic carbocycles. The number of fused-ring (bicyclic) bond motifs is 1. The molecule has 0 aliphatic heterocycles. The fourth-order valence-electron chi connectivity index (χ4n) is 2.29. The van der Waals surface area contributed by atoms with E-state index in [4.69, 9.17) is 4.42 Å². The molecule has 0 atom stereocenters. The standard InChI is InChI=1S/C17H16FN3O3/c1-21(2)8-7-19-12-9-13(22)16-14(15(12)23)20-17(24-16)10-3-5-11(18)6-4-10/h3-6,9,19H,7-8H2,1-2H3. The Labute approximate surface area is 138 Å². The molecule has 24 heavy (non-hydrogen) atoms. The summed E-state index contributed by atoms with van der Waals surface area (Å²) in [7, 11) is 3.82. The van der Waals surface area contributed by atoms with Crippen molar-refractivity contribution in [1.29, 1.82) is 0 Å². The van der Waals surface area contributed by atoms with Gasteiger partial charge in [-0.05, 0) is 38.4 Å². The zero-order chi connectivity index (χ0) is 17.3. The van der Waals surface area contributed by atoms with Gasteiger partial charge in [-0.25, -0.2) is 9.37 Å². The molecule has 124 valence electrons. The minimum absolute atomic E-state index is 0.0193. The minimum atomic E-state index is -0.419. The maximum Gasteiger partial charge on any atom is 0.231 e. The maximum atomic E-state index is 13.0. The SMILES string of the molecule is CN(C)CCNC1=CC(=O)c2oc(-c3ccc(F)cc3)nc2C1=O. The Morgan fingerprint density at radius 1 is 1.21 bits per heavy atom. The van der Waals surface area contributed by atoms with E-state index in [-0.39, 0.29) is 28.8 Å². The van der Waals surface area contributed by atoms with E-state index in [1.165, 1.54) is 30.3 Å². The fraction of sp³-hybridized carbons (Fsp3) is 0.235. The molecule has 7 heteroatoms. The topological polar surface area (TPSA) is 75.4 Å². The molecule has 0 spiro atoms. The lowest BCUT2D eigenvalue weighted by molar-refractivity contribution is 0.0960. The number of allylic oxidation sites excluding steroid dienone is 2. The van der Waals surface area contributed by atoms with E-state index in [1.807, 2.05) is 19.0 Å². The zero-order valence-electron chi connectivity index (χ0n) is 13.3. The van der Waals surface area contributed by atoms with Crippen molar-refractivity contribution in [2.75, 3.05) is 27.2 Å². The summed E-state index contributed by atoms with van der Waals surface area (Å²) in [6.45, 7) is 1.24. The molecule has 1 heterocycles. The smallest absolute Gasteiger partial charge is 0.231 e. The van der Waals surface area contributed by atoms with Crippen LogP contribution in [0, 0.1) is 5.82 Å². The number of carbonyl (C=O) groups excluding carboxylic acids is 2. The average Bonchev–Trinajstić information content (AvgIpc) is 2.98. The van der Waals surface area contributed by atoms with E-state index >= 15 is 0 Å². The third kappa shape index (κ3) is 3.11. The molecule has 0 saturated heterocycles. The molecular weight excluding hydrogens is 313 g/mol. The number of oxazole rings is 1. The number of carbonyl (C=O) groups is 2. The number of Topliss-reactive ketones (excluding diaryl/α,β-unsaturated/α-hetero) is 1. The van der Waals surface area contributed by atoms with E-state index in [9.17, 15) is 14.0 Å². The first-order chi connectivity index (χ1) is 11.5. The number of aromatic nitrogens is 1. The van der Waals surface area contributed by atoms with E-state index < -0.39 is 11.6 Å². The number of rotatable bonds is 5. The summed E-state index contributed by atoms with van der Waals surface area (Å²) in [5.41, 5.74) is 0.677. The zero-order valence-corrected chi connectivity index (χ0v) is 13.3. The number of hydrogen-bond acceptors (Lipinski definition) is 6. The van der Waals surface area contributed by atoms with Gasteiger partial charge in [-0.15, -0.1) is 0 Å². The van der Waals surface area contributed by atoms with Crippen molar-refractivity contribution >= 4 is 11.6 Å². The van der Waals surface area contributed by atoms with Crippen LogP contribution < -0.4 is 5.32 Å². The lowest BCUT2D eigenvalue weighted by atomic mass is 10.0. The third-order valence-corrected chi connectivity index (χ3v) is 3.55. The van der Waals surface area contributed by atoms with Crippen LogP contribution in [0.25, 0.3) is 11.5 Å². The van der Waals surface area contributed by atoms with Gasteiger partial charge in [0.25, 0.3) is 0 Å². The average molecular weight is 329 g/mol. The monoisotopic (exact) mass is 329 g/mol. The highest BCUT2D eigenvalue weighted by Crippen LogP contribution is 2.26. The Morgan fingerprint density at radius 2 is 1.92 bits per heavy atom. The van der Waals surface area contributed by atoms with Crippen LogP contribution in [0.3, 0.4) is 0 Å². The van der Waals surface area contributed by atoms with Crippen molar-refractivity contribution in [3.05, 3.63) is 53.3 Å². The first-order valence-corrected chi connectivity index (χ1v) is 7.42. The van der Waals surface area contributed by atoms with Gasteiger partial charge in [0.2, 0.25) is 23.2 Å². The van der Waals surface area contributed by atoms with Crippen molar-refractivity contribution in [1.82, 2.24) is 15.2 Å². The molecule has 0 saturated carbocycles. The highest BCUT2D eigenvalue weighted by atomic mass is 19.1. The first kappa shape index (κ1) is 16.1.